The van der Waals surface area contributed by atoms with Crippen LogP contribution < -0.4 is 14.8 Å². The van der Waals surface area contributed by atoms with Crippen LogP contribution in [0.3, 0.4) is 0 Å². The SMILES string of the molecule is COC(=O)Cc1cc(Br)c(Oc2ccc(OC)c(NC(=O)OC(C)(C)C)c2)c(Br)c1. The smallest absolute Gasteiger partial charge is 0.412 e. The minimum absolute atomic E-state index is 0.139. The molecule has 30 heavy (non-hydrogen) atoms. The van der Waals surface area contributed by atoms with Gasteiger partial charge in [-0.3, -0.25) is 10.1 Å². The Balaban J connectivity index is 2.26. The average molecular weight is 545 g/mol. The Hall–Kier alpha value is -2.26. The second kappa shape index (κ2) is 10.2. The number of carbonyl (C=O) groups excluding carboxylic acids is 2. The molecule has 2 aromatic rings. The van der Waals surface area contributed by atoms with E-state index in [-0.39, 0.29) is 12.4 Å². The van der Waals surface area contributed by atoms with E-state index >= 15 is 0 Å². The molecule has 0 aliphatic rings. The van der Waals surface area contributed by atoms with Crippen molar-refractivity contribution in [1.29, 1.82) is 0 Å². The molecule has 0 saturated carbocycles. The molecule has 0 radical (unpaired) electrons. The summed E-state index contributed by atoms with van der Waals surface area (Å²) in [4.78, 5) is 23.7. The third-order valence-corrected chi connectivity index (χ3v) is 4.84. The molecule has 1 N–H and O–H groups in total. The lowest BCUT2D eigenvalue weighted by Crippen LogP contribution is -2.27. The zero-order valence-corrected chi connectivity index (χ0v) is 20.5. The number of hydrogen-bond donors (Lipinski definition) is 1. The Morgan fingerprint density at radius 2 is 1.67 bits per heavy atom. The molecule has 0 spiro atoms. The minimum Gasteiger partial charge on any atom is -0.495 e. The number of esters is 1. The number of rotatable bonds is 6. The quantitative estimate of drug-likeness (QED) is 0.444. The lowest BCUT2D eigenvalue weighted by atomic mass is 10.1. The Kier molecular flexibility index (Phi) is 8.14. The van der Waals surface area contributed by atoms with Gasteiger partial charge in [-0.05, 0) is 82.5 Å². The number of amides is 1. The van der Waals surface area contributed by atoms with E-state index in [0.717, 1.165) is 5.56 Å². The Morgan fingerprint density at radius 1 is 1.03 bits per heavy atom. The monoisotopic (exact) mass is 543 g/mol. The first-order chi connectivity index (χ1) is 14.0. The number of benzene rings is 2. The molecule has 2 rings (SSSR count). The van der Waals surface area contributed by atoms with E-state index in [1.807, 2.05) is 0 Å². The van der Waals surface area contributed by atoms with Crippen molar-refractivity contribution in [2.75, 3.05) is 19.5 Å². The molecule has 2 aromatic carbocycles. The van der Waals surface area contributed by atoms with Gasteiger partial charge in [0.05, 0.1) is 35.3 Å². The van der Waals surface area contributed by atoms with E-state index in [1.54, 1.807) is 51.1 Å². The molecule has 0 fully saturated rings. The molecule has 7 nitrogen and oxygen atoms in total. The Bertz CT molecular complexity index is 917. The second-order valence-electron chi connectivity index (χ2n) is 7.23. The van der Waals surface area contributed by atoms with Gasteiger partial charge in [-0.25, -0.2) is 4.79 Å². The van der Waals surface area contributed by atoms with Gasteiger partial charge in [-0.1, -0.05) is 0 Å². The molecule has 0 aliphatic heterocycles. The van der Waals surface area contributed by atoms with Crippen LogP contribution in [-0.2, 0) is 20.7 Å². The molecule has 0 heterocycles. The molecule has 0 aliphatic carbocycles. The standard InChI is InChI=1S/C21H23Br2NO6/c1-21(2,3)30-20(26)24-16-11-13(6-7-17(16)27-4)29-19-14(22)8-12(9-15(19)23)10-18(25)28-5/h6-9,11H,10H2,1-5H3,(H,24,26). The zero-order valence-electron chi connectivity index (χ0n) is 17.3. The number of nitrogens with one attached hydrogen (secondary N) is 1. The van der Waals surface area contributed by atoms with Crippen molar-refractivity contribution >= 4 is 49.6 Å². The lowest BCUT2D eigenvalue weighted by Gasteiger charge is -2.20. The van der Waals surface area contributed by atoms with E-state index in [4.69, 9.17) is 18.9 Å². The van der Waals surface area contributed by atoms with Gasteiger partial charge in [0.1, 0.15) is 17.1 Å². The molecule has 0 bridgehead atoms. The molecule has 0 saturated heterocycles. The van der Waals surface area contributed by atoms with Crippen LogP contribution in [0.15, 0.2) is 39.3 Å². The molecule has 0 unspecified atom stereocenters. The van der Waals surface area contributed by atoms with Crippen molar-refractivity contribution in [2.24, 2.45) is 0 Å². The van der Waals surface area contributed by atoms with Crippen LogP contribution in [0.4, 0.5) is 10.5 Å². The van der Waals surface area contributed by atoms with Gasteiger partial charge in [0.2, 0.25) is 0 Å². The molecule has 162 valence electrons. The fourth-order valence-corrected chi connectivity index (χ4v) is 3.87. The van der Waals surface area contributed by atoms with Crippen LogP contribution in [-0.4, -0.2) is 31.9 Å². The summed E-state index contributed by atoms with van der Waals surface area (Å²) in [6.45, 7) is 5.34. The fraction of sp³-hybridized carbons (Fsp3) is 0.333. The van der Waals surface area contributed by atoms with Gasteiger partial charge in [-0.15, -0.1) is 0 Å². The molecule has 0 aromatic heterocycles. The Labute approximate surface area is 192 Å². The van der Waals surface area contributed by atoms with Gasteiger partial charge < -0.3 is 18.9 Å². The van der Waals surface area contributed by atoms with Gasteiger partial charge in [0, 0.05) is 6.07 Å². The highest BCUT2D eigenvalue weighted by Gasteiger charge is 2.19. The van der Waals surface area contributed by atoms with Crippen LogP contribution in [0.1, 0.15) is 26.3 Å². The predicted molar refractivity (Wildman–Crippen MR) is 120 cm³/mol. The number of methoxy groups -OCH3 is 2. The van der Waals surface area contributed by atoms with Crippen molar-refractivity contribution in [3.05, 3.63) is 44.8 Å². The average Bonchev–Trinajstić information content (AvgIpc) is 2.63. The molecular formula is C21H23Br2NO6. The van der Waals surface area contributed by atoms with Crippen LogP contribution >= 0.6 is 31.9 Å². The summed E-state index contributed by atoms with van der Waals surface area (Å²) in [6.07, 6.45) is -0.465. The predicted octanol–water partition coefficient (Wildman–Crippen LogP) is 6.08. The molecule has 0 atom stereocenters. The maximum Gasteiger partial charge on any atom is 0.412 e. The topological polar surface area (TPSA) is 83.1 Å². The maximum atomic E-state index is 12.1. The summed E-state index contributed by atoms with van der Waals surface area (Å²) in [5, 5.41) is 2.67. The highest BCUT2D eigenvalue weighted by Crippen LogP contribution is 2.39. The van der Waals surface area contributed by atoms with Gasteiger partial charge >= 0.3 is 12.1 Å². The third kappa shape index (κ3) is 6.91. The molecular weight excluding hydrogens is 522 g/mol. The van der Waals surface area contributed by atoms with Crippen molar-refractivity contribution in [1.82, 2.24) is 0 Å². The molecule has 9 heteroatoms. The number of carbonyl (C=O) groups is 2. The fourth-order valence-electron chi connectivity index (χ4n) is 2.43. The highest BCUT2D eigenvalue weighted by molar-refractivity contribution is 9.11. The van der Waals surface area contributed by atoms with E-state index in [2.05, 4.69) is 37.2 Å². The van der Waals surface area contributed by atoms with E-state index in [9.17, 15) is 9.59 Å². The number of anilines is 1. The number of ether oxygens (including phenoxy) is 4. The second-order valence-corrected chi connectivity index (χ2v) is 8.94. The van der Waals surface area contributed by atoms with E-state index < -0.39 is 11.7 Å². The Morgan fingerprint density at radius 3 is 2.20 bits per heavy atom. The largest absolute Gasteiger partial charge is 0.495 e. The van der Waals surface area contributed by atoms with Gasteiger partial charge in [-0.2, -0.15) is 0 Å². The molecule has 1 amide bonds. The van der Waals surface area contributed by atoms with Gasteiger partial charge in [0.25, 0.3) is 0 Å². The summed E-state index contributed by atoms with van der Waals surface area (Å²) in [6, 6.07) is 8.57. The first-order valence-electron chi connectivity index (χ1n) is 8.93. The first kappa shape index (κ1) is 24.0. The minimum atomic E-state index is -0.632. The third-order valence-electron chi connectivity index (χ3n) is 3.66. The van der Waals surface area contributed by atoms with Crippen LogP contribution in [0.5, 0.6) is 17.2 Å². The summed E-state index contributed by atoms with van der Waals surface area (Å²) in [5.41, 5.74) is 0.529. The number of hydrogen-bond acceptors (Lipinski definition) is 6. The van der Waals surface area contributed by atoms with Gasteiger partial charge in [0.15, 0.2) is 5.75 Å². The van der Waals surface area contributed by atoms with Crippen molar-refractivity contribution in [3.63, 3.8) is 0 Å². The first-order valence-corrected chi connectivity index (χ1v) is 10.5. The van der Waals surface area contributed by atoms with Crippen LogP contribution in [0.2, 0.25) is 0 Å². The normalized spacial score (nSPS) is 10.9. The lowest BCUT2D eigenvalue weighted by molar-refractivity contribution is -0.139. The van der Waals surface area contributed by atoms with Crippen LogP contribution in [0.25, 0.3) is 0 Å². The van der Waals surface area contributed by atoms with E-state index in [0.29, 0.717) is 31.9 Å². The highest BCUT2D eigenvalue weighted by atomic mass is 79.9. The van der Waals surface area contributed by atoms with E-state index in [1.165, 1.54) is 14.2 Å². The van der Waals surface area contributed by atoms with Crippen molar-refractivity contribution in [3.8, 4) is 17.2 Å². The number of halogens is 2. The van der Waals surface area contributed by atoms with Crippen molar-refractivity contribution in [2.45, 2.75) is 32.8 Å². The summed E-state index contributed by atoms with van der Waals surface area (Å²) in [7, 11) is 2.85. The zero-order chi connectivity index (χ0) is 22.5. The maximum absolute atomic E-state index is 12.1. The summed E-state index contributed by atoms with van der Waals surface area (Å²) >= 11 is 6.93. The van der Waals surface area contributed by atoms with Crippen molar-refractivity contribution < 1.29 is 28.5 Å². The summed E-state index contributed by atoms with van der Waals surface area (Å²) < 4.78 is 22.6. The van der Waals surface area contributed by atoms with Crippen LogP contribution in [0, 0.1) is 0 Å². The summed E-state index contributed by atoms with van der Waals surface area (Å²) in [5.74, 6) is 1.09.